The van der Waals surface area contributed by atoms with Crippen LogP contribution < -0.4 is 4.74 Å². The molecule has 1 unspecified atom stereocenters. The van der Waals surface area contributed by atoms with Crippen LogP contribution in [0.15, 0.2) is 47.1 Å². The first-order valence-corrected chi connectivity index (χ1v) is 8.43. The summed E-state index contributed by atoms with van der Waals surface area (Å²) >= 11 is 0. The van der Waals surface area contributed by atoms with Crippen LogP contribution in [0, 0.1) is 6.92 Å². The molecule has 1 N–H and O–H groups in total. The Morgan fingerprint density at radius 3 is 2.64 bits per heavy atom. The third-order valence-corrected chi connectivity index (χ3v) is 4.46. The number of hydrogen-bond donors (Lipinski definition) is 1. The molecule has 0 aliphatic heterocycles. The topological polar surface area (TPSA) is 59.7 Å². The molecule has 0 spiro atoms. The minimum atomic E-state index is -0.195. The number of ether oxygens (including phenoxy) is 1. The quantitative estimate of drug-likeness (QED) is 0.639. The van der Waals surface area contributed by atoms with Gasteiger partial charge in [-0.3, -0.25) is 4.79 Å². The fourth-order valence-corrected chi connectivity index (χ4v) is 3.13. The molecule has 0 aliphatic rings. The highest BCUT2D eigenvalue weighted by Gasteiger charge is 2.24. The Labute approximate surface area is 147 Å². The average Bonchev–Trinajstić information content (AvgIpc) is 3.07. The number of furan rings is 1. The molecular formula is C21H22O4. The molecule has 0 aliphatic carbocycles. The Kier molecular flexibility index (Phi) is 4.79. The van der Waals surface area contributed by atoms with Crippen LogP contribution in [0.2, 0.25) is 0 Å². The second kappa shape index (κ2) is 7.01. The second-order valence-corrected chi connectivity index (χ2v) is 6.35. The lowest BCUT2D eigenvalue weighted by atomic mass is 9.99. The molecule has 25 heavy (non-hydrogen) atoms. The van der Waals surface area contributed by atoms with Crippen LogP contribution in [-0.4, -0.2) is 17.0 Å². The van der Waals surface area contributed by atoms with Gasteiger partial charge in [-0.25, -0.2) is 0 Å². The van der Waals surface area contributed by atoms with E-state index in [9.17, 15) is 9.90 Å². The summed E-state index contributed by atoms with van der Waals surface area (Å²) in [7, 11) is 0. The minimum absolute atomic E-state index is 0.137. The number of benzene rings is 2. The van der Waals surface area contributed by atoms with Crippen LogP contribution in [0.25, 0.3) is 11.0 Å². The predicted molar refractivity (Wildman–Crippen MR) is 97.5 cm³/mol. The van der Waals surface area contributed by atoms with E-state index in [4.69, 9.17) is 9.15 Å². The molecule has 4 heteroatoms. The van der Waals surface area contributed by atoms with E-state index >= 15 is 0 Å². The number of hydrogen-bond acceptors (Lipinski definition) is 4. The Balaban J connectivity index is 1.87. The summed E-state index contributed by atoms with van der Waals surface area (Å²) < 4.78 is 11.5. The molecule has 0 amide bonds. The standard InChI is InChI=1S/C21H22O4/c1-13(9-10-16-7-5-4-6-8-16)25-21-19(23)18(15(3)22)14(2)17-11-12-24-20(17)21/h4-8,11-13,23H,9-10H2,1-3H3. The van der Waals surface area contributed by atoms with Crippen LogP contribution in [0.4, 0.5) is 0 Å². The third kappa shape index (κ3) is 3.38. The highest BCUT2D eigenvalue weighted by Crippen LogP contribution is 2.42. The van der Waals surface area contributed by atoms with E-state index in [1.807, 2.05) is 25.1 Å². The average molecular weight is 338 g/mol. The highest BCUT2D eigenvalue weighted by molar-refractivity contribution is 6.05. The van der Waals surface area contributed by atoms with Gasteiger partial charge in [-0.2, -0.15) is 0 Å². The van der Waals surface area contributed by atoms with Crippen molar-refractivity contribution in [2.75, 3.05) is 0 Å². The fourth-order valence-electron chi connectivity index (χ4n) is 3.13. The number of carbonyl (C=O) groups excluding carboxylic acids is 1. The van der Waals surface area contributed by atoms with Crippen LogP contribution in [-0.2, 0) is 6.42 Å². The summed E-state index contributed by atoms with van der Waals surface area (Å²) in [6.45, 7) is 5.19. The first-order chi connectivity index (χ1) is 12.0. The molecule has 0 fully saturated rings. The normalized spacial score (nSPS) is 12.3. The second-order valence-electron chi connectivity index (χ2n) is 6.35. The molecule has 1 aromatic heterocycles. The van der Waals surface area contributed by atoms with E-state index in [0.717, 1.165) is 18.2 Å². The largest absolute Gasteiger partial charge is 0.504 e. The lowest BCUT2D eigenvalue weighted by Crippen LogP contribution is -2.14. The Hall–Kier alpha value is -2.75. The molecule has 3 aromatic rings. The third-order valence-electron chi connectivity index (χ3n) is 4.46. The summed E-state index contributed by atoms with van der Waals surface area (Å²) in [5.74, 6) is -0.0877. The zero-order valence-corrected chi connectivity index (χ0v) is 14.7. The maximum Gasteiger partial charge on any atom is 0.205 e. The lowest BCUT2D eigenvalue weighted by molar-refractivity contribution is 0.101. The van der Waals surface area contributed by atoms with Gasteiger partial charge in [-0.15, -0.1) is 0 Å². The van der Waals surface area contributed by atoms with Gasteiger partial charge >= 0.3 is 0 Å². The summed E-state index contributed by atoms with van der Waals surface area (Å²) in [6.07, 6.45) is 3.06. The number of fused-ring (bicyclic) bond motifs is 1. The molecule has 4 nitrogen and oxygen atoms in total. The monoisotopic (exact) mass is 338 g/mol. The number of rotatable bonds is 6. The van der Waals surface area contributed by atoms with Crippen LogP contribution >= 0.6 is 0 Å². The number of ketones is 1. The Morgan fingerprint density at radius 1 is 1.24 bits per heavy atom. The summed E-state index contributed by atoms with van der Waals surface area (Å²) in [5.41, 5.74) is 2.71. The van der Waals surface area contributed by atoms with Crippen molar-refractivity contribution < 1.29 is 19.1 Å². The molecule has 3 rings (SSSR count). The van der Waals surface area contributed by atoms with E-state index in [1.54, 1.807) is 19.3 Å². The van der Waals surface area contributed by atoms with Gasteiger partial charge in [0.05, 0.1) is 17.9 Å². The smallest absolute Gasteiger partial charge is 0.205 e. The SMILES string of the molecule is CC(=O)c1c(O)c(OC(C)CCc2ccccc2)c2occc2c1C. The van der Waals surface area contributed by atoms with E-state index in [-0.39, 0.29) is 23.4 Å². The summed E-state index contributed by atoms with van der Waals surface area (Å²) in [4.78, 5) is 12.0. The van der Waals surface area contributed by atoms with Gasteiger partial charge in [0.25, 0.3) is 0 Å². The van der Waals surface area contributed by atoms with Crippen LogP contribution in [0.1, 0.15) is 41.8 Å². The molecule has 1 heterocycles. The Bertz CT molecular complexity index is 893. The van der Waals surface area contributed by atoms with Crippen molar-refractivity contribution in [2.24, 2.45) is 0 Å². The van der Waals surface area contributed by atoms with Crippen molar-refractivity contribution in [3.63, 3.8) is 0 Å². The van der Waals surface area contributed by atoms with Gasteiger partial charge in [0.2, 0.25) is 5.75 Å². The number of phenolic OH excluding ortho intramolecular Hbond substituents is 1. The van der Waals surface area contributed by atoms with Crippen molar-refractivity contribution in [2.45, 2.75) is 39.7 Å². The first-order valence-electron chi connectivity index (χ1n) is 8.43. The Morgan fingerprint density at radius 2 is 1.96 bits per heavy atom. The minimum Gasteiger partial charge on any atom is -0.504 e. The number of aryl methyl sites for hydroxylation is 2. The number of aromatic hydroxyl groups is 1. The predicted octanol–water partition coefficient (Wildman–Crippen LogP) is 5.05. The van der Waals surface area contributed by atoms with Gasteiger partial charge in [0.1, 0.15) is 0 Å². The van der Waals surface area contributed by atoms with Crippen molar-refractivity contribution in [3.8, 4) is 11.5 Å². The molecule has 0 bridgehead atoms. The van der Waals surface area contributed by atoms with E-state index < -0.39 is 0 Å². The lowest BCUT2D eigenvalue weighted by Gasteiger charge is -2.18. The fraction of sp³-hybridized carbons (Fsp3) is 0.286. The molecule has 130 valence electrons. The maximum atomic E-state index is 12.0. The molecule has 0 saturated heterocycles. The van der Waals surface area contributed by atoms with Crippen LogP contribution in [0.3, 0.4) is 0 Å². The molecule has 1 atom stereocenters. The molecule has 2 aromatic carbocycles. The van der Waals surface area contributed by atoms with Gasteiger partial charge in [0, 0.05) is 5.39 Å². The van der Waals surface area contributed by atoms with Crippen molar-refractivity contribution in [1.29, 1.82) is 0 Å². The number of phenols is 1. The zero-order valence-electron chi connectivity index (χ0n) is 14.7. The highest BCUT2D eigenvalue weighted by atomic mass is 16.5. The van der Waals surface area contributed by atoms with Gasteiger partial charge in [0.15, 0.2) is 17.1 Å². The number of carbonyl (C=O) groups is 1. The first kappa shape index (κ1) is 17.1. The molecule has 0 saturated carbocycles. The van der Waals surface area contributed by atoms with Gasteiger partial charge in [-0.05, 0) is 50.8 Å². The van der Waals surface area contributed by atoms with Crippen molar-refractivity contribution in [1.82, 2.24) is 0 Å². The van der Waals surface area contributed by atoms with E-state index in [2.05, 4.69) is 12.1 Å². The van der Waals surface area contributed by atoms with E-state index in [0.29, 0.717) is 16.7 Å². The molecule has 0 radical (unpaired) electrons. The molecular weight excluding hydrogens is 316 g/mol. The number of Topliss-reactive ketones (excluding diaryl/α,β-unsaturated/α-hetero) is 1. The van der Waals surface area contributed by atoms with E-state index in [1.165, 1.54) is 12.5 Å². The van der Waals surface area contributed by atoms with Gasteiger partial charge < -0.3 is 14.3 Å². The maximum absolute atomic E-state index is 12.0. The summed E-state index contributed by atoms with van der Waals surface area (Å²) in [6, 6.07) is 12.0. The van der Waals surface area contributed by atoms with Crippen molar-refractivity contribution >= 4 is 16.8 Å². The van der Waals surface area contributed by atoms with Gasteiger partial charge in [-0.1, -0.05) is 30.3 Å². The zero-order chi connectivity index (χ0) is 18.0. The van der Waals surface area contributed by atoms with Crippen LogP contribution in [0.5, 0.6) is 11.5 Å². The van der Waals surface area contributed by atoms with Crippen molar-refractivity contribution in [3.05, 3.63) is 59.4 Å². The summed E-state index contributed by atoms with van der Waals surface area (Å²) in [5, 5.41) is 11.4.